The molecule has 1 amide bonds. The monoisotopic (exact) mass is 431 g/mol. The zero-order valence-corrected chi connectivity index (χ0v) is 17.9. The maximum Gasteiger partial charge on any atom is 0.275 e. The number of nitrogens with zero attached hydrogens (tertiary/aromatic N) is 5. The number of fused-ring (bicyclic) bond motifs is 1. The topological polar surface area (TPSA) is 97.2 Å². The number of benzene rings is 1. The van der Waals surface area contributed by atoms with Gasteiger partial charge in [0.2, 0.25) is 0 Å². The molecule has 1 saturated carbocycles. The van der Waals surface area contributed by atoms with Crippen molar-refractivity contribution in [3.63, 3.8) is 0 Å². The van der Waals surface area contributed by atoms with Gasteiger partial charge in [0.25, 0.3) is 5.91 Å². The lowest BCUT2D eigenvalue weighted by Gasteiger charge is -2.17. The number of terminal acetylenes is 1. The van der Waals surface area contributed by atoms with E-state index in [1.165, 1.54) is 19.0 Å². The third-order valence-electron chi connectivity index (χ3n) is 5.71. The van der Waals surface area contributed by atoms with Crippen molar-refractivity contribution in [2.24, 2.45) is 7.05 Å². The number of ether oxygens (including phenoxy) is 1. The number of hydrogen-bond acceptors (Lipinski definition) is 7. The molecule has 1 aliphatic heterocycles. The molecule has 32 heavy (non-hydrogen) atoms. The number of aromatic nitrogens is 4. The predicted octanol–water partition coefficient (Wildman–Crippen LogP) is 1.96. The molecule has 3 aromatic rings. The minimum absolute atomic E-state index is 0.0855. The molecule has 1 aromatic carbocycles. The summed E-state index contributed by atoms with van der Waals surface area (Å²) in [5, 5.41) is 11.8. The fourth-order valence-corrected chi connectivity index (χ4v) is 3.99. The maximum absolute atomic E-state index is 12.8. The molecule has 0 unspecified atom stereocenters. The molecule has 1 atom stereocenters. The summed E-state index contributed by atoms with van der Waals surface area (Å²) in [5.41, 5.74) is 1.49. The van der Waals surface area contributed by atoms with Crippen molar-refractivity contribution in [2.75, 3.05) is 29.9 Å². The Labute approximate surface area is 186 Å². The van der Waals surface area contributed by atoms with E-state index in [0.717, 1.165) is 36.2 Å². The fourth-order valence-electron chi connectivity index (χ4n) is 3.99. The second-order valence-corrected chi connectivity index (χ2v) is 8.29. The van der Waals surface area contributed by atoms with Gasteiger partial charge in [-0.15, -0.1) is 6.42 Å². The van der Waals surface area contributed by atoms with Gasteiger partial charge in [0.1, 0.15) is 23.9 Å². The zero-order valence-electron chi connectivity index (χ0n) is 17.9. The first-order valence-corrected chi connectivity index (χ1v) is 10.8. The van der Waals surface area contributed by atoms with Gasteiger partial charge in [-0.2, -0.15) is 5.10 Å². The van der Waals surface area contributed by atoms with Gasteiger partial charge in [0, 0.05) is 49.9 Å². The highest BCUT2D eigenvalue weighted by Gasteiger charge is 2.29. The molecule has 9 nitrogen and oxygen atoms in total. The summed E-state index contributed by atoms with van der Waals surface area (Å²) in [6, 6.07) is 4.76. The Morgan fingerprint density at radius 1 is 1.25 bits per heavy atom. The average molecular weight is 432 g/mol. The number of carbonyl (C=O) groups is 1. The zero-order chi connectivity index (χ0) is 22.1. The molecular formula is C23H25N7O2. The molecule has 1 aliphatic carbocycles. The molecule has 5 rings (SSSR count). The summed E-state index contributed by atoms with van der Waals surface area (Å²) in [4.78, 5) is 23.9. The Morgan fingerprint density at radius 3 is 2.88 bits per heavy atom. The molecule has 2 fully saturated rings. The van der Waals surface area contributed by atoms with Gasteiger partial charge in [0.05, 0.1) is 23.6 Å². The molecule has 2 aromatic heterocycles. The Morgan fingerprint density at radius 2 is 2.12 bits per heavy atom. The SMILES string of the molecule is C#CCOc1cc2nn(C)cc2cc1NC(=O)c1cnc(N2CC[C@@H](NC3CC3)C2)cn1. The fraction of sp³-hybridized carbons (Fsp3) is 0.391. The normalized spacial score (nSPS) is 18.0. The van der Waals surface area contributed by atoms with Gasteiger partial charge in [-0.3, -0.25) is 9.48 Å². The number of amides is 1. The van der Waals surface area contributed by atoms with E-state index in [1.807, 2.05) is 19.3 Å². The predicted molar refractivity (Wildman–Crippen MR) is 122 cm³/mol. The second-order valence-electron chi connectivity index (χ2n) is 8.29. The lowest BCUT2D eigenvalue weighted by molar-refractivity contribution is 0.102. The number of aryl methyl sites for hydroxylation is 1. The molecule has 0 bridgehead atoms. The minimum Gasteiger partial charge on any atom is -0.479 e. The Bertz CT molecular complexity index is 1180. The Kier molecular flexibility index (Phi) is 5.37. The van der Waals surface area contributed by atoms with E-state index in [0.29, 0.717) is 23.5 Å². The van der Waals surface area contributed by atoms with Crippen molar-refractivity contribution in [1.29, 1.82) is 0 Å². The van der Waals surface area contributed by atoms with E-state index in [2.05, 4.69) is 36.5 Å². The molecule has 2 aliphatic rings. The quantitative estimate of drug-likeness (QED) is 0.552. The number of anilines is 2. The molecule has 0 radical (unpaired) electrons. The maximum atomic E-state index is 12.8. The van der Waals surface area contributed by atoms with Gasteiger partial charge in [0.15, 0.2) is 0 Å². The first-order chi connectivity index (χ1) is 15.6. The summed E-state index contributed by atoms with van der Waals surface area (Å²) in [5.74, 6) is 3.32. The van der Waals surface area contributed by atoms with E-state index in [1.54, 1.807) is 16.9 Å². The van der Waals surface area contributed by atoms with E-state index in [4.69, 9.17) is 11.2 Å². The highest BCUT2D eigenvalue weighted by atomic mass is 16.5. The molecule has 9 heteroatoms. The van der Waals surface area contributed by atoms with E-state index in [9.17, 15) is 4.79 Å². The molecule has 0 spiro atoms. The molecular weight excluding hydrogens is 406 g/mol. The van der Waals surface area contributed by atoms with Crippen molar-refractivity contribution in [3.8, 4) is 18.1 Å². The van der Waals surface area contributed by atoms with Crippen LogP contribution in [0.1, 0.15) is 29.8 Å². The first-order valence-electron chi connectivity index (χ1n) is 10.8. The van der Waals surface area contributed by atoms with Crippen LogP contribution in [0.25, 0.3) is 10.9 Å². The van der Waals surface area contributed by atoms with Crippen LogP contribution in [0.15, 0.2) is 30.7 Å². The first kappa shape index (κ1) is 20.3. The molecule has 2 N–H and O–H groups in total. The molecule has 164 valence electrons. The summed E-state index contributed by atoms with van der Waals surface area (Å²) in [6.45, 7) is 1.94. The molecule has 1 saturated heterocycles. The standard InChI is InChI=1S/C23H25N7O2/c1-3-8-32-21-10-18-15(13-29(2)28-18)9-19(21)27-23(31)20-11-25-22(12-24-20)30-7-6-17(14-30)26-16-4-5-16/h1,9-13,16-17,26H,4-8,14H2,2H3,(H,27,31)/t17-/m1/s1. The largest absolute Gasteiger partial charge is 0.479 e. The molecule has 3 heterocycles. The summed E-state index contributed by atoms with van der Waals surface area (Å²) in [6.07, 6.45) is 14.0. The van der Waals surface area contributed by atoms with Crippen LogP contribution >= 0.6 is 0 Å². The minimum atomic E-state index is -0.368. The third-order valence-corrected chi connectivity index (χ3v) is 5.71. The lowest BCUT2D eigenvalue weighted by Crippen LogP contribution is -2.34. The van der Waals surface area contributed by atoms with Crippen LogP contribution in [0.5, 0.6) is 5.75 Å². The van der Waals surface area contributed by atoms with Crippen molar-refractivity contribution in [3.05, 3.63) is 36.4 Å². The highest BCUT2D eigenvalue weighted by Crippen LogP contribution is 2.30. The number of carbonyl (C=O) groups excluding carboxylic acids is 1. The van der Waals surface area contributed by atoms with Crippen molar-refractivity contribution in [2.45, 2.75) is 31.3 Å². The van der Waals surface area contributed by atoms with Crippen molar-refractivity contribution >= 4 is 28.3 Å². The summed E-state index contributed by atoms with van der Waals surface area (Å²) < 4.78 is 7.32. The summed E-state index contributed by atoms with van der Waals surface area (Å²) >= 11 is 0. The van der Waals surface area contributed by atoms with Crippen molar-refractivity contribution < 1.29 is 9.53 Å². The van der Waals surface area contributed by atoms with Crippen LogP contribution < -0.4 is 20.3 Å². The number of hydrogen-bond donors (Lipinski definition) is 2. The van der Waals surface area contributed by atoms with Gasteiger partial charge in [-0.25, -0.2) is 9.97 Å². The van der Waals surface area contributed by atoms with E-state index >= 15 is 0 Å². The number of rotatable bonds is 7. The van der Waals surface area contributed by atoms with Crippen LogP contribution in [0.4, 0.5) is 11.5 Å². The van der Waals surface area contributed by atoms with Gasteiger partial charge < -0.3 is 20.3 Å². The van der Waals surface area contributed by atoms with Crippen molar-refractivity contribution in [1.82, 2.24) is 25.1 Å². The Hall–Kier alpha value is -3.64. The van der Waals surface area contributed by atoms with Gasteiger partial charge >= 0.3 is 0 Å². The van der Waals surface area contributed by atoms with Gasteiger partial charge in [-0.1, -0.05) is 5.92 Å². The van der Waals surface area contributed by atoms with Crippen LogP contribution in [0, 0.1) is 12.3 Å². The lowest BCUT2D eigenvalue weighted by atomic mass is 10.2. The number of nitrogens with one attached hydrogen (secondary N) is 2. The Balaban J connectivity index is 1.29. The average Bonchev–Trinajstić information content (AvgIpc) is 3.35. The van der Waals surface area contributed by atoms with Crippen LogP contribution in [0.3, 0.4) is 0 Å². The van der Waals surface area contributed by atoms with Crippen LogP contribution in [-0.2, 0) is 7.05 Å². The van der Waals surface area contributed by atoms with Crippen LogP contribution in [0.2, 0.25) is 0 Å². The smallest absolute Gasteiger partial charge is 0.275 e. The summed E-state index contributed by atoms with van der Waals surface area (Å²) in [7, 11) is 1.84. The van der Waals surface area contributed by atoms with E-state index < -0.39 is 0 Å². The third kappa shape index (κ3) is 4.36. The van der Waals surface area contributed by atoms with Gasteiger partial charge in [-0.05, 0) is 25.3 Å². The second kappa shape index (κ2) is 8.48. The highest BCUT2D eigenvalue weighted by molar-refractivity contribution is 6.04. The van der Waals surface area contributed by atoms with Crippen LogP contribution in [-0.4, -0.2) is 57.4 Å². The van der Waals surface area contributed by atoms with E-state index in [-0.39, 0.29) is 18.2 Å².